The minimum atomic E-state index is -0.872. The van der Waals surface area contributed by atoms with Crippen molar-refractivity contribution in [1.29, 1.82) is 0 Å². The number of hydrogen-bond donors (Lipinski definition) is 3. The average Bonchev–Trinajstić information content (AvgIpc) is 3.16. The summed E-state index contributed by atoms with van der Waals surface area (Å²) < 4.78 is 0. The van der Waals surface area contributed by atoms with Crippen molar-refractivity contribution in [2.75, 3.05) is 6.61 Å². The van der Waals surface area contributed by atoms with Gasteiger partial charge in [-0.2, -0.15) is 0 Å². The second-order valence-corrected chi connectivity index (χ2v) is 15.8. The summed E-state index contributed by atoms with van der Waals surface area (Å²) in [6.07, 6.45) is 60.9. The molecule has 1 amide bonds. The van der Waals surface area contributed by atoms with E-state index in [1.165, 1.54) is 180 Å². The number of rotatable bonds is 42. The van der Waals surface area contributed by atoms with Gasteiger partial charge in [0, 0.05) is 6.42 Å². The van der Waals surface area contributed by atoms with Gasteiger partial charge in [0.1, 0.15) is 0 Å². The highest BCUT2D eigenvalue weighted by molar-refractivity contribution is 5.76. The average molecular weight is 742 g/mol. The molecule has 0 aliphatic rings. The van der Waals surface area contributed by atoms with Crippen LogP contribution in [0, 0.1) is 0 Å². The molecular formula is C49H91NO3. The predicted octanol–water partition coefficient (Wildman–Crippen LogP) is 14.7. The molecule has 2 atom stereocenters. The van der Waals surface area contributed by atoms with Gasteiger partial charge in [0.15, 0.2) is 0 Å². The van der Waals surface area contributed by atoms with E-state index in [9.17, 15) is 15.0 Å². The Bertz CT molecular complexity index is 847. The molecule has 0 aliphatic carbocycles. The normalized spacial score (nSPS) is 13.4. The van der Waals surface area contributed by atoms with Gasteiger partial charge in [0.05, 0.1) is 18.8 Å². The van der Waals surface area contributed by atoms with Crippen molar-refractivity contribution in [3.63, 3.8) is 0 Å². The maximum absolute atomic E-state index is 12.4. The maximum atomic E-state index is 12.4. The first-order valence-electron chi connectivity index (χ1n) is 23.4. The second kappa shape index (κ2) is 44.7. The fraction of sp³-hybridized carbons (Fsp3) is 0.816. The van der Waals surface area contributed by atoms with Gasteiger partial charge in [0.2, 0.25) is 5.91 Å². The van der Waals surface area contributed by atoms with Crippen LogP contribution in [0.25, 0.3) is 0 Å². The first kappa shape index (κ1) is 51.4. The number of unbranched alkanes of at least 4 members (excludes halogenated alkanes) is 29. The number of carbonyl (C=O) groups excluding carboxylic acids is 1. The smallest absolute Gasteiger partial charge is 0.220 e. The highest BCUT2D eigenvalue weighted by Crippen LogP contribution is 2.14. The van der Waals surface area contributed by atoms with Gasteiger partial charge in [-0.15, -0.1) is 0 Å². The van der Waals surface area contributed by atoms with Crippen LogP contribution in [0.5, 0.6) is 0 Å². The highest BCUT2D eigenvalue weighted by Gasteiger charge is 2.17. The number of amides is 1. The third-order valence-corrected chi connectivity index (χ3v) is 10.5. The van der Waals surface area contributed by atoms with Crippen molar-refractivity contribution in [3.05, 3.63) is 48.6 Å². The van der Waals surface area contributed by atoms with Crippen LogP contribution in [0.4, 0.5) is 0 Å². The Morgan fingerprint density at radius 2 is 0.736 bits per heavy atom. The standard InChI is InChI=1S/C49H91NO3/c1-3-5-7-9-11-13-15-17-19-21-23-25-26-28-30-32-34-36-38-40-42-44-48(52)47(46-51)50-49(53)45-43-41-39-37-35-33-31-29-27-24-22-20-18-16-14-12-10-8-6-4-2/h24,26-28,34,36,42,44,47-48,51-52H,3-23,25,29-33,35,37-41,43,45-46H2,1-2H3,(H,50,53)/b27-24-,28-26+,36-34+,44-42+. The fourth-order valence-electron chi connectivity index (χ4n) is 6.91. The number of carbonyl (C=O) groups is 1. The molecule has 0 aromatic heterocycles. The Morgan fingerprint density at radius 1 is 0.434 bits per heavy atom. The van der Waals surface area contributed by atoms with Gasteiger partial charge in [-0.25, -0.2) is 0 Å². The van der Waals surface area contributed by atoms with Gasteiger partial charge < -0.3 is 15.5 Å². The predicted molar refractivity (Wildman–Crippen MR) is 235 cm³/mol. The number of allylic oxidation sites excluding steroid dienone is 7. The molecule has 3 N–H and O–H groups in total. The molecule has 0 fully saturated rings. The molecule has 310 valence electrons. The van der Waals surface area contributed by atoms with Crippen LogP contribution in [0.3, 0.4) is 0 Å². The van der Waals surface area contributed by atoms with E-state index in [1.807, 2.05) is 6.08 Å². The Labute approximate surface area is 331 Å². The lowest BCUT2D eigenvalue weighted by molar-refractivity contribution is -0.123. The highest BCUT2D eigenvalue weighted by atomic mass is 16.3. The van der Waals surface area contributed by atoms with Crippen LogP contribution < -0.4 is 5.32 Å². The Hall–Kier alpha value is -1.65. The zero-order chi connectivity index (χ0) is 38.6. The van der Waals surface area contributed by atoms with Crippen molar-refractivity contribution in [1.82, 2.24) is 5.32 Å². The zero-order valence-corrected chi connectivity index (χ0v) is 35.5. The summed E-state index contributed by atoms with van der Waals surface area (Å²) in [4.78, 5) is 12.4. The van der Waals surface area contributed by atoms with E-state index in [1.54, 1.807) is 6.08 Å². The molecule has 4 heteroatoms. The van der Waals surface area contributed by atoms with Gasteiger partial charge in [-0.1, -0.05) is 210 Å². The molecule has 53 heavy (non-hydrogen) atoms. The maximum Gasteiger partial charge on any atom is 0.220 e. The van der Waals surface area contributed by atoms with Crippen molar-refractivity contribution >= 4 is 5.91 Å². The third-order valence-electron chi connectivity index (χ3n) is 10.5. The molecule has 4 nitrogen and oxygen atoms in total. The van der Waals surface area contributed by atoms with Gasteiger partial charge in [0.25, 0.3) is 0 Å². The lowest BCUT2D eigenvalue weighted by Gasteiger charge is -2.19. The Balaban J connectivity index is 3.63. The molecule has 2 unspecified atom stereocenters. The lowest BCUT2D eigenvalue weighted by Crippen LogP contribution is -2.45. The Kier molecular flexibility index (Phi) is 43.4. The third kappa shape index (κ3) is 41.4. The van der Waals surface area contributed by atoms with Crippen molar-refractivity contribution < 1.29 is 15.0 Å². The summed E-state index contributed by atoms with van der Waals surface area (Å²) in [6.45, 7) is 4.30. The number of hydrogen-bond acceptors (Lipinski definition) is 3. The summed E-state index contributed by atoms with van der Waals surface area (Å²) in [7, 11) is 0. The van der Waals surface area contributed by atoms with Crippen LogP contribution in [-0.2, 0) is 4.79 Å². The molecular weight excluding hydrogens is 651 g/mol. The molecule has 0 radical (unpaired) electrons. The monoisotopic (exact) mass is 742 g/mol. The first-order chi connectivity index (χ1) is 26.2. The van der Waals surface area contributed by atoms with E-state index in [-0.39, 0.29) is 12.5 Å². The minimum absolute atomic E-state index is 0.0820. The summed E-state index contributed by atoms with van der Waals surface area (Å²) in [6, 6.07) is -0.648. The Morgan fingerprint density at radius 3 is 1.09 bits per heavy atom. The lowest BCUT2D eigenvalue weighted by atomic mass is 10.1. The van der Waals surface area contributed by atoms with Crippen LogP contribution in [-0.4, -0.2) is 34.9 Å². The minimum Gasteiger partial charge on any atom is -0.394 e. The van der Waals surface area contributed by atoms with Crippen LogP contribution in [0.1, 0.15) is 239 Å². The summed E-state index contributed by atoms with van der Waals surface area (Å²) in [5.41, 5.74) is 0. The quantitative estimate of drug-likeness (QED) is 0.0431. The SMILES string of the molecule is CCCCCCCCCCC/C=C\CCCCCCCCCC(=O)NC(CO)C(O)/C=C/CC/C=C/CC/C=C/CCCCCCCCCCCCC. The number of nitrogens with one attached hydrogen (secondary N) is 1. The van der Waals surface area contributed by atoms with Crippen molar-refractivity contribution in [3.8, 4) is 0 Å². The molecule has 0 saturated heterocycles. The fourth-order valence-corrected chi connectivity index (χ4v) is 6.91. The molecule has 0 aliphatic heterocycles. The molecule has 0 heterocycles. The van der Waals surface area contributed by atoms with Gasteiger partial charge >= 0.3 is 0 Å². The van der Waals surface area contributed by atoms with Gasteiger partial charge in [-0.3, -0.25) is 4.79 Å². The molecule has 0 spiro atoms. The van der Waals surface area contributed by atoms with E-state index in [2.05, 4.69) is 55.6 Å². The van der Waals surface area contributed by atoms with Crippen LogP contribution in [0.2, 0.25) is 0 Å². The van der Waals surface area contributed by atoms with E-state index in [4.69, 9.17) is 0 Å². The second-order valence-electron chi connectivity index (χ2n) is 15.8. The van der Waals surface area contributed by atoms with Gasteiger partial charge in [-0.05, 0) is 70.6 Å². The summed E-state index contributed by atoms with van der Waals surface area (Å²) >= 11 is 0. The van der Waals surface area contributed by atoms with Crippen molar-refractivity contribution in [2.24, 2.45) is 0 Å². The summed E-state index contributed by atoms with van der Waals surface area (Å²) in [5, 5.41) is 23.0. The first-order valence-corrected chi connectivity index (χ1v) is 23.4. The molecule has 0 bridgehead atoms. The van der Waals surface area contributed by atoms with Crippen LogP contribution >= 0.6 is 0 Å². The molecule has 0 aromatic carbocycles. The summed E-state index contributed by atoms with van der Waals surface area (Å²) in [5.74, 6) is -0.0820. The van der Waals surface area contributed by atoms with E-state index in [0.29, 0.717) is 6.42 Å². The van der Waals surface area contributed by atoms with Crippen molar-refractivity contribution in [2.45, 2.75) is 251 Å². The number of aliphatic hydroxyl groups is 2. The molecule has 0 rings (SSSR count). The number of aliphatic hydroxyl groups excluding tert-OH is 2. The molecule has 0 aromatic rings. The van der Waals surface area contributed by atoms with E-state index < -0.39 is 12.1 Å². The van der Waals surface area contributed by atoms with E-state index >= 15 is 0 Å². The topological polar surface area (TPSA) is 69.6 Å². The zero-order valence-electron chi connectivity index (χ0n) is 35.5. The largest absolute Gasteiger partial charge is 0.394 e. The van der Waals surface area contributed by atoms with E-state index in [0.717, 1.165) is 38.5 Å². The molecule has 0 saturated carbocycles. The van der Waals surface area contributed by atoms with Crippen LogP contribution in [0.15, 0.2) is 48.6 Å².